The summed E-state index contributed by atoms with van der Waals surface area (Å²) in [6.45, 7) is 4.85. The Morgan fingerprint density at radius 1 is 1.36 bits per heavy atom. The van der Waals surface area contributed by atoms with Crippen LogP contribution in [0, 0.1) is 0 Å². The van der Waals surface area contributed by atoms with Gasteiger partial charge in [0.2, 0.25) is 10.0 Å². The summed E-state index contributed by atoms with van der Waals surface area (Å²) in [6.07, 6.45) is 0. The average molecular weight is 179 g/mol. The lowest BCUT2D eigenvalue weighted by Crippen LogP contribution is -2.89. The van der Waals surface area contributed by atoms with Crippen LogP contribution in [0.15, 0.2) is 0 Å². The summed E-state index contributed by atoms with van der Waals surface area (Å²) in [6, 6.07) is 0. The predicted octanol–water partition coefficient (Wildman–Crippen LogP) is -1.78. The van der Waals surface area contributed by atoms with Gasteiger partial charge >= 0.3 is 0 Å². The van der Waals surface area contributed by atoms with Gasteiger partial charge in [-0.05, 0) is 6.92 Å². The van der Waals surface area contributed by atoms with Crippen LogP contribution in [0.5, 0.6) is 0 Å². The standard InChI is InChI=1S/C6H14N2O2S/c1-2-11(9,10)8-5-3-7-4-6-8/h7H,2-6H2,1H3/p+1. The normalized spacial score (nSPS) is 21.9. The first kappa shape index (κ1) is 8.96. The van der Waals surface area contributed by atoms with E-state index in [0.717, 1.165) is 13.1 Å². The molecule has 0 amide bonds. The van der Waals surface area contributed by atoms with Gasteiger partial charge in [-0.3, -0.25) is 0 Å². The third-order valence-corrected chi connectivity index (χ3v) is 3.80. The molecule has 0 atom stereocenters. The summed E-state index contributed by atoms with van der Waals surface area (Å²) in [5.41, 5.74) is 0. The molecular weight excluding hydrogens is 164 g/mol. The van der Waals surface area contributed by atoms with E-state index in [0.29, 0.717) is 13.1 Å². The van der Waals surface area contributed by atoms with Gasteiger partial charge in [0.05, 0.1) is 31.9 Å². The topological polar surface area (TPSA) is 54.0 Å². The minimum Gasteiger partial charge on any atom is -0.344 e. The van der Waals surface area contributed by atoms with E-state index >= 15 is 0 Å². The molecule has 0 spiro atoms. The lowest BCUT2D eigenvalue weighted by molar-refractivity contribution is -0.661. The molecule has 66 valence electrons. The molecule has 2 N–H and O–H groups in total. The van der Waals surface area contributed by atoms with E-state index in [1.54, 1.807) is 11.2 Å². The molecule has 1 aliphatic heterocycles. The number of hydrogen-bond acceptors (Lipinski definition) is 2. The van der Waals surface area contributed by atoms with Crippen molar-refractivity contribution in [1.82, 2.24) is 4.31 Å². The minimum absolute atomic E-state index is 0.229. The van der Waals surface area contributed by atoms with Gasteiger partial charge in [0.25, 0.3) is 0 Å². The molecule has 0 radical (unpaired) electrons. The van der Waals surface area contributed by atoms with Crippen LogP contribution in [-0.2, 0) is 10.0 Å². The van der Waals surface area contributed by atoms with E-state index in [9.17, 15) is 8.42 Å². The van der Waals surface area contributed by atoms with Crippen molar-refractivity contribution in [2.24, 2.45) is 0 Å². The molecule has 11 heavy (non-hydrogen) atoms. The summed E-state index contributed by atoms with van der Waals surface area (Å²) in [4.78, 5) is 0. The van der Waals surface area contributed by atoms with E-state index in [1.807, 2.05) is 0 Å². The molecular formula is C6H15N2O2S+. The number of sulfonamides is 1. The Bertz CT molecular complexity index is 207. The quantitative estimate of drug-likeness (QED) is 0.544. The number of quaternary nitrogens is 1. The van der Waals surface area contributed by atoms with Crippen molar-refractivity contribution < 1.29 is 13.7 Å². The van der Waals surface area contributed by atoms with Gasteiger partial charge in [0.15, 0.2) is 0 Å². The highest BCUT2D eigenvalue weighted by Crippen LogP contribution is 1.99. The Hall–Kier alpha value is -0.130. The Labute approximate surface area is 67.6 Å². The van der Waals surface area contributed by atoms with Crippen LogP contribution in [0.25, 0.3) is 0 Å². The van der Waals surface area contributed by atoms with Crippen LogP contribution in [0.4, 0.5) is 0 Å². The second-order valence-corrected chi connectivity index (χ2v) is 4.92. The Kier molecular flexibility index (Phi) is 2.86. The Balaban J connectivity index is 2.58. The maximum atomic E-state index is 11.3. The molecule has 1 heterocycles. The number of nitrogens with two attached hydrogens (primary N) is 1. The van der Waals surface area contributed by atoms with Gasteiger partial charge < -0.3 is 5.32 Å². The van der Waals surface area contributed by atoms with Crippen LogP contribution in [-0.4, -0.2) is 44.7 Å². The Morgan fingerprint density at radius 3 is 2.36 bits per heavy atom. The fourth-order valence-electron chi connectivity index (χ4n) is 1.19. The van der Waals surface area contributed by atoms with Crippen molar-refractivity contribution >= 4 is 10.0 Å². The van der Waals surface area contributed by atoms with Gasteiger partial charge in [-0.1, -0.05) is 0 Å². The van der Waals surface area contributed by atoms with Gasteiger partial charge in [-0.2, -0.15) is 4.31 Å². The molecule has 1 rings (SSSR count). The van der Waals surface area contributed by atoms with Crippen LogP contribution < -0.4 is 5.32 Å². The maximum absolute atomic E-state index is 11.3. The average Bonchev–Trinajstić information content (AvgIpc) is 2.06. The first-order chi connectivity index (χ1) is 5.17. The van der Waals surface area contributed by atoms with E-state index < -0.39 is 10.0 Å². The second-order valence-electron chi connectivity index (χ2n) is 2.67. The smallest absolute Gasteiger partial charge is 0.214 e. The summed E-state index contributed by atoms with van der Waals surface area (Å²) >= 11 is 0. The van der Waals surface area contributed by atoms with Gasteiger partial charge in [-0.25, -0.2) is 8.42 Å². The zero-order chi connectivity index (χ0) is 8.32. The lowest BCUT2D eigenvalue weighted by Gasteiger charge is -2.23. The third kappa shape index (κ3) is 2.15. The fraction of sp³-hybridized carbons (Fsp3) is 1.00. The highest BCUT2D eigenvalue weighted by molar-refractivity contribution is 7.89. The summed E-state index contributed by atoms with van der Waals surface area (Å²) < 4.78 is 24.1. The van der Waals surface area contributed by atoms with Crippen molar-refractivity contribution in [3.8, 4) is 0 Å². The molecule has 0 saturated carbocycles. The van der Waals surface area contributed by atoms with Gasteiger partial charge in [0.1, 0.15) is 0 Å². The molecule has 0 aliphatic carbocycles. The molecule has 1 fully saturated rings. The number of nitrogens with zero attached hydrogens (tertiary/aromatic N) is 1. The van der Waals surface area contributed by atoms with E-state index in [-0.39, 0.29) is 5.75 Å². The van der Waals surface area contributed by atoms with Crippen LogP contribution in [0.2, 0.25) is 0 Å². The van der Waals surface area contributed by atoms with Crippen LogP contribution >= 0.6 is 0 Å². The third-order valence-electron chi connectivity index (χ3n) is 1.92. The number of piperazine rings is 1. The zero-order valence-corrected chi connectivity index (χ0v) is 7.60. The maximum Gasteiger partial charge on any atom is 0.214 e. The molecule has 0 unspecified atom stereocenters. The van der Waals surface area contributed by atoms with Crippen LogP contribution in [0.1, 0.15) is 6.92 Å². The fourth-order valence-corrected chi connectivity index (χ4v) is 2.32. The molecule has 0 aromatic carbocycles. The molecule has 0 bridgehead atoms. The van der Waals surface area contributed by atoms with Crippen molar-refractivity contribution in [1.29, 1.82) is 0 Å². The van der Waals surface area contributed by atoms with Gasteiger partial charge in [0, 0.05) is 0 Å². The highest BCUT2D eigenvalue weighted by atomic mass is 32.2. The molecule has 1 saturated heterocycles. The predicted molar refractivity (Wildman–Crippen MR) is 42.7 cm³/mol. The number of hydrogen-bond donors (Lipinski definition) is 1. The van der Waals surface area contributed by atoms with Crippen molar-refractivity contribution in [3.63, 3.8) is 0 Å². The molecule has 0 aromatic rings. The summed E-state index contributed by atoms with van der Waals surface area (Å²) in [7, 11) is -2.91. The number of rotatable bonds is 2. The minimum atomic E-state index is -2.91. The first-order valence-electron chi connectivity index (χ1n) is 3.96. The highest BCUT2D eigenvalue weighted by Gasteiger charge is 2.22. The van der Waals surface area contributed by atoms with Crippen LogP contribution in [0.3, 0.4) is 0 Å². The monoisotopic (exact) mass is 179 g/mol. The van der Waals surface area contributed by atoms with E-state index in [2.05, 4.69) is 5.32 Å². The van der Waals surface area contributed by atoms with Crippen molar-refractivity contribution in [2.45, 2.75) is 6.92 Å². The summed E-state index contributed by atoms with van der Waals surface area (Å²) in [5, 5.41) is 2.14. The molecule has 4 nitrogen and oxygen atoms in total. The zero-order valence-electron chi connectivity index (χ0n) is 6.78. The molecule has 1 aliphatic rings. The van der Waals surface area contributed by atoms with E-state index in [4.69, 9.17) is 0 Å². The SMILES string of the molecule is CCS(=O)(=O)N1CC[NH2+]CC1. The van der Waals surface area contributed by atoms with Crippen molar-refractivity contribution in [2.75, 3.05) is 31.9 Å². The summed E-state index contributed by atoms with van der Waals surface area (Å²) in [5.74, 6) is 0.229. The van der Waals surface area contributed by atoms with Gasteiger partial charge in [-0.15, -0.1) is 0 Å². The van der Waals surface area contributed by atoms with E-state index in [1.165, 1.54) is 0 Å². The largest absolute Gasteiger partial charge is 0.344 e. The lowest BCUT2D eigenvalue weighted by atomic mass is 10.4. The molecule has 0 aromatic heterocycles. The second kappa shape index (κ2) is 3.51. The Morgan fingerprint density at radius 2 is 1.91 bits per heavy atom. The van der Waals surface area contributed by atoms with Crippen molar-refractivity contribution in [3.05, 3.63) is 0 Å². The first-order valence-corrected chi connectivity index (χ1v) is 5.57. The molecule has 5 heteroatoms.